The van der Waals surface area contributed by atoms with Crippen LogP contribution in [-0.2, 0) is 4.79 Å². The van der Waals surface area contributed by atoms with E-state index in [0.717, 1.165) is 5.71 Å². The molecule has 0 aliphatic rings. The van der Waals surface area contributed by atoms with E-state index in [1.807, 2.05) is 13.8 Å². The van der Waals surface area contributed by atoms with Gasteiger partial charge in [0.1, 0.15) is 5.78 Å². The fourth-order valence-electron chi connectivity index (χ4n) is 0.485. The first-order chi connectivity index (χ1) is 10.5. The molecule has 132 valence electrons. The van der Waals surface area contributed by atoms with E-state index in [1.165, 1.54) is 13.8 Å². The van der Waals surface area contributed by atoms with Crippen LogP contribution >= 0.6 is 0 Å². The van der Waals surface area contributed by atoms with Gasteiger partial charge in [-0.25, -0.2) is 0 Å². The maximum atomic E-state index is 9.44. The van der Waals surface area contributed by atoms with Gasteiger partial charge in [-0.05, 0) is 55.4 Å². The lowest BCUT2D eigenvalue weighted by atomic mass is 10.3. The number of nitrogens with zero attached hydrogens (tertiary/aromatic N) is 5. The molecule has 0 bridgehead atoms. The molecule has 0 unspecified atom stereocenters. The van der Waals surface area contributed by atoms with E-state index in [1.54, 1.807) is 27.7 Å². The Hall–Kier alpha value is -2.58. The minimum absolute atomic E-state index is 0.167. The molecule has 9 heteroatoms. The number of ketones is 1. The van der Waals surface area contributed by atoms with E-state index in [9.17, 15) is 4.79 Å². The maximum Gasteiger partial charge on any atom is 0.126 e. The molecule has 0 aliphatic carbocycles. The first kappa shape index (κ1) is 25.4. The Kier molecular flexibility index (Phi) is 17.4. The molecule has 0 aromatic heterocycles. The van der Waals surface area contributed by atoms with E-state index in [-0.39, 0.29) is 5.78 Å². The van der Waals surface area contributed by atoms with Gasteiger partial charge < -0.3 is 21.1 Å². The topological polar surface area (TPSA) is 145 Å². The van der Waals surface area contributed by atoms with Crippen LogP contribution in [-0.4, -0.2) is 44.8 Å². The van der Waals surface area contributed by atoms with E-state index in [2.05, 4.69) is 25.6 Å². The minimum atomic E-state index is 0.167. The van der Waals surface area contributed by atoms with Crippen molar-refractivity contribution < 1.29 is 15.2 Å². The fraction of sp³-hybridized carbons (Fsp3) is 0.571. The molecule has 0 fully saturated rings. The number of carbonyl (C=O) groups excluding carboxylic acids is 1. The molecule has 0 aliphatic heterocycles. The zero-order valence-corrected chi connectivity index (χ0v) is 15.1. The average molecular weight is 328 g/mol. The molecular formula is C14H28N6O3. The SMILES string of the molecule is CC(=N/N)/C(C)=N\O.CC(C)=N/N=C(C)/C(C)=N\O.CC(C)=O. The highest BCUT2D eigenvalue weighted by molar-refractivity contribution is 6.40. The fourth-order valence-corrected chi connectivity index (χ4v) is 0.485. The highest BCUT2D eigenvalue weighted by Gasteiger charge is 1.94. The van der Waals surface area contributed by atoms with Crippen LogP contribution in [0.1, 0.15) is 55.4 Å². The Morgan fingerprint density at radius 2 is 1.04 bits per heavy atom. The molecule has 23 heavy (non-hydrogen) atoms. The first-order valence-corrected chi connectivity index (χ1v) is 6.68. The molecule has 0 aromatic rings. The minimum Gasteiger partial charge on any atom is -0.411 e. The second-order valence-corrected chi connectivity index (χ2v) is 4.73. The number of nitrogens with two attached hydrogens (primary N) is 1. The van der Waals surface area contributed by atoms with Gasteiger partial charge in [0, 0.05) is 5.71 Å². The standard InChI is InChI=1S/C7H13N3O.C4H9N3O.C3H6O/c1-5(2)8-9-6(3)7(4)10-11;1-3(6-5)4(2)7-8;1-3(2)4/h11H,1-4H3;8H,5H2,1-2H3;1-2H3/b9-6+,10-7-;6-3-,7-4-;. The van der Waals surface area contributed by atoms with Crippen molar-refractivity contribution in [2.45, 2.75) is 55.4 Å². The van der Waals surface area contributed by atoms with Crippen LogP contribution < -0.4 is 5.84 Å². The molecule has 0 atom stereocenters. The van der Waals surface area contributed by atoms with Crippen LogP contribution in [0.25, 0.3) is 0 Å². The summed E-state index contributed by atoms with van der Waals surface area (Å²) in [5, 5.41) is 33.2. The summed E-state index contributed by atoms with van der Waals surface area (Å²) in [5.41, 5.74) is 2.94. The zero-order chi connectivity index (χ0) is 19.0. The predicted molar refractivity (Wildman–Crippen MR) is 95.3 cm³/mol. The van der Waals surface area contributed by atoms with Crippen LogP contribution in [0, 0.1) is 0 Å². The van der Waals surface area contributed by atoms with Crippen LogP contribution in [0.3, 0.4) is 0 Å². The summed E-state index contributed by atoms with van der Waals surface area (Å²) >= 11 is 0. The highest BCUT2D eigenvalue weighted by Crippen LogP contribution is 1.85. The zero-order valence-electron chi connectivity index (χ0n) is 15.1. The van der Waals surface area contributed by atoms with Gasteiger partial charge in [0.15, 0.2) is 0 Å². The van der Waals surface area contributed by atoms with Gasteiger partial charge in [0.25, 0.3) is 0 Å². The molecule has 0 spiro atoms. The van der Waals surface area contributed by atoms with Crippen LogP contribution in [0.15, 0.2) is 25.6 Å². The van der Waals surface area contributed by atoms with Crippen molar-refractivity contribution in [1.29, 1.82) is 0 Å². The third-order valence-electron chi connectivity index (χ3n) is 1.94. The lowest BCUT2D eigenvalue weighted by Gasteiger charge is -1.92. The molecule has 0 rings (SSSR count). The number of oxime groups is 2. The van der Waals surface area contributed by atoms with E-state index in [0.29, 0.717) is 22.8 Å². The monoisotopic (exact) mass is 328 g/mol. The summed E-state index contributed by atoms with van der Waals surface area (Å²) in [4.78, 5) is 9.44. The van der Waals surface area contributed by atoms with Crippen molar-refractivity contribution in [2.75, 3.05) is 0 Å². The number of rotatable bonds is 3. The molecule has 0 radical (unpaired) electrons. The first-order valence-electron chi connectivity index (χ1n) is 6.68. The van der Waals surface area contributed by atoms with Crippen molar-refractivity contribution in [3.8, 4) is 0 Å². The average Bonchev–Trinajstić information content (AvgIpc) is 2.49. The molecule has 4 N–H and O–H groups in total. The lowest BCUT2D eigenvalue weighted by Crippen LogP contribution is -2.07. The number of carbonyl (C=O) groups is 1. The van der Waals surface area contributed by atoms with Crippen LogP contribution in [0.5, 0.6) is 0 Å². The van der Waals surface area contributed by atoms with Crippen LogP contribution in [0.4, 0.5) is 0 Å². The second-order valence-electron chi connectivity index (χ2n) is 4.73. The van der Waals surface area contributed by atoms with Gasteiger partial charge in [0.05, 0.1) is 22.8 Å². The van der Waals surface area contributed by atoms with Gasteiger partial charge in [-0.1, -0.05) is 10.3 Å². The Morgan fingerprint density at radius 1 is 0.696 bits per heavy atom. The summed E-state index contributed by atoms with van der Waals surface area (Å²) < 4.78 is 0. The molecule has 0 heterocycles. The Labute approximate surface area is 137 Å². The maximum absolute atomic E-state index is 9.44. The smallest absolute Gasteiger partial charge is 0.126 e. The molecular weight excluding hydrogens is 300 g/mol. The summed E-state index contributed by atoms with van der Waals surface area (Å²) in [6, 6.07) is 0. The lowest BCUT2D eigenvalue weighted by molar-refractivity contribution is -0.114. The molecule has 9 nitrogen and oxygen atoms in total. The van der Waals surface area contributed by atoms with Crippen molar-refractivity contribution in [3.63, 3.8) is 0 Å². The quantitative estimate of drug-likeness (QED) is 0.316. The summed E-state index contributed by atoms with van der Waals surface area (Å²) in [6.07, 6.45) is 0. The normalized spacial score (nSPS) is 12.3. The molecule has 0 saturated heterocycles. The van der Waals surface area contributed by atoms with Gasteiger partial charge in [0.2, 0.25) is 0 Å². The molecule has 0 aromatic carbocycles. The highest BCUT2D eigenvalue weighted by atomic mass is 16.4. The predicted octanol–water partition coefficient (Wildman–Crippen LogP) is 2.46. The summed E-state index contributed by atoms with van der Waals surface area (Å²) in [5.74, 6) is 5.01. The van der Waals surface area contributed by atoms with Gasteiger partial charge in [-0.2, -0.15) is 15.3 Å². The third-order valence-corrected chi connectivity index (χ3v) is 1.94. The van der Waals surface area contributed by atoms with Crippen LogP contribution in [0.2, 0.25) is 0 Å². The van der Waals surface area contributed by atoms with Crippen molar-refractivity contribution in [1.82, 2.24) is 0 Å². The Morgan fingerprint density at radius 3 is 1.26 bits per heavy atom. The molecule has 0 saturated carbocycles. The van der Waals surface area contributed by atoms with Gasteiger partial charge >= 0.3 is 0 Å². The molecule has 0 amide bonds. The second kappa shape index (κ2) is 15.8. The summed E-state index contributed by atoms with van der Waals surface area (Å²) in [6.45, 7) is 13.4. The number of hydrogen-bond acceptors (Lipinski definition) is 9. The largest absolute Gasteiger partial charge is 0.411 e. The van der Waals surface area contributed by atoms with Gasteiger partial charge in [-0.3, -0.25) is 0 Å². The Balaban J connectivity index is -0.000000292. The number of hydrogen-bond donors (Lipinski definition) is 3. The van der Waals surface area contributed by atoms with Gasteiger partial charge in [-0.15, -0.1) is 0 Å². The number of hydrazone groups is 1. The van der Waals surface area contributed by atoms with Crippen molar-refractivity contribution in [3.05, 3.63) is 0 Å². The Bertz CT molecular complexity index is 481. The van der Waals surface area contributed by atoms with E-state index < -0.39 is 0 Å². The van der Waals surface area contributed by atoms with E-state index >= 15 is 0 Å². The number of Topliss-reactive ketones (excluding diaryl/α,β-unsaturated/α-hetero) is 1. The van der Waals surface area contributed by atoms with Crippen molar-refractivity contribution >= 4 is 34.3 Å². The van der Waals surface area contributed by atoms with E-state index in [4.69, 9.17) is 16.3 Å². The van der Waals surface area contributed by atoms with Crippen molar-refractivity contribution in [2.24, 2.45) is 31.5 Å². The third kappa shape index (κ3) is 21.9. The summed E-state index contributed by atoms with van der Waals surface area (Å²) in [7, 11) is 0.